The van der Waals surface area contributed by atoms with Gasteiger partial charge in [0.25, 0.3) is 9.05 Å². The van der Waals surface area contributed by atoms with Crippen molar-refractivity contribution in [2.24, 2.45) is 0 Å². The van der Waals surface area contributed by atoms with Crippen LogP contribution in [-0.2, 0) is 9.05 Å². The van der Waals surface area contributed by atoms with Crippen molar-refractivity contribution in [3.8, 4) is 11.5 Å². The molecule has 0 N–H and O–H groups in total. The molecule has 100 valence electrons. The zero-order valence-electron chi connectivity index (χ0n) is 9.31. The molecule has 19 heavy (non-hydrogen) atoms. The number of hydrogen-bond acceptors (Lipinski definition) is 3. The van der Waals surface area contributed by atoms with Gasteiger partial charge in [0.05, 0.1) is 9.37 Å². The number of rotatable bonds is 3. The second kappa shape index (κ2) is 5.48. The van der Waals surface area contributed by atoms with E-state index in [0.29, 0.717) is 11.5 Å². The highest BCUT2D eigenvalue weighted by atomic mass is 79.9. The van der Waals surface area contributed by atoms with Crippen molar-refractivity contribution in [2.75, 3.05) is 0 Å². The molecule has 0 atom stereocenters. The van der Waals surface area contributed by atoms with E-state index in [1.54, 1.807) is 0 Å². The van der Waals surface area contributed by atoms with Crippen molar-refractivity contribution in [3.63, 3.8) is 0 Å². The summed E-state index contributed by atoms with van der Waals surface area (Å²) < 4.78 is 40.9. The molecule has 2 aromatic carbocycles. The van der Waals surface area contributed by atoms with Gasteiger partial charge in [-0.15, -0.1) is 0 Å². The SMILES string of the molecule is O=S(=O)(Cl)c1ccc(Oc2ccc(F)c(Br)c2)cc1. The Kier molecular flexibility index (Phi) is 4.13. The molecule has 0 saturated carbocycles. The standard InChI is InChI=1S/C12H7BrClFO3S/c13-11-7-9(3-6-12(11)15)18-8-1-4-10(5-2-8)19(14,16)17/h1-7H. The number of ether oxygens (including phenoxy) is 1. The average molecular weight is 366 g/mol. The van der Waals surface area contributed by atoms with Crippen LogP contribution in [0.1, 0.15) is 0 Å². The van der Waals surface area contributed by atoms with Gasteiger partial charge < -0.3 is 4.74 Å². The van der Waals surface area contributed by atoms with Crippen LogP contribution in [0.5, 0.6) is 11.5 Å². The highest BCUT2D eigenvalue weighted by molar-refractivity contribution is 9.10. The van der Waals surface area contributed by atoms with E-state index in [2.05, 4.69) is 15.9 Å². The van der Waals surface area contributed by atoms with Crippen molar-refractivity contribution < 1.29 is 17.5 Å². The van der Waals surface area contributed by atoms with Crippen LogP contribution < -0.4 is 4.74 Å². The van der Waals surface area contributed by atoms with E-state index >= 15 is 0 Å². The van der Waals surface area contributed by atoms with Crippen molar-refractivity contribution >= 4 is 35.7 Å². The summed E-state index contributed by atoms with van der Waals surface area (Å²) in [6, 6.07) is 9.79. The maximum atomic E-state index is 13.0. The third-order valence-corrected chi connectivity index (χ3v) is 4.21. The number of hydrogen-bond donors (Lipinski definition) is 0. The lowest BCUT2D eigenvalue weighted by atomic mass is 10.3. The fourth-order valence-electron chi connectivity index (χ4n) is 1.35. The molecule has 0 radical (unpaired) electrons. The predicted molar refractivity (Wildman–Crippen MR) is 73.7 cm³/mol. The molecule has 0 amide bonds. The van der Waals surface area contributed by atoms with Gasteiger partial charge in [0.15, 0.2) is 0 Å². The minimum absolute atomic E-state index is 0.0122. The molecule has 0 unspecified atom stereocenters. The molecule has 0 aliphatic carbocycles. The van der Waals surface area contributed by atoms with Gasteiger partial charge in [-0.05, 0) is 58.4 Å². The van der Waals surface area contributed by atoms with E-state index in [0.717, 1.165) is 0 Å². The molecule has 0 bridgehead atoms. The van der Waals surface area contributed by atoms with E-state index in [9.17, 15) is 12.8 Å². The van der Waals surface area contributed by atoms with Gasteiger partial charge in [0.2, 0.25) is 0 Å². The summed E-state index contributed by atoms with van der Waals surface area (Å²) in [4.78, 5) is -0.0122. The Hall–Kier alpha value is -1.11. The van der Waals surface area contributed by atoms with Crippen molar-refractivity contribution in [1.29, 1.82) is 0 Å². The summed E-state index contributed by atoms with van der Waals surface area (Å²) in [7, 11) is 1.45. The highest BCUT2D eigenvalue weighted by Gasteiger charge is 2.09. The molecule has 2 aromatic rings. The normalized spacial score (nSPS) is 11.3. The largest absolute Gasteiger partial charge is 0.457 e. The fraction of sp³-hybridized carbons (Fsp3) is 0. The molecule has 0 saturated heterocycles. The van der Waals surface area contributed by atoms with Gasteiger partial charge in [0.1, 0.15) is 17.3 Å². The Balaban J connectivity index is 2.22. The fourth-order valence-corrected chi connectivity index (χ4v) is 2.47. The lowest BCUT2D eigenvalue weighted by Gasteiger charge is -2.06. The summed E-state index contributed by atoms with van der Waals surface area (Å²) in [6.07, 6.45) is 0. The van der Waals surface area contributed by atoms with Crippen molar-refractivity contribution in [2.45, 2.75) is 4.90 Å². The maximum absolute atomic E-state index is 13.0. The molecule has 0 aromatic heterocycles. The molecule has 0 spiro atoms. The summed E-state index contributed by atoms with van der Waals surface area (Å²) in [5.41, 5.74) is 0. The lowest BCUT2D eigenvalue weighted by Crippen LogP contribution is -1.91. The Morgan fingerprint density at radius 3 is 2.16 bits per heavy atom. The van der Waals surface area contributed by atoms with Gasteiger partial charge in [0, 0.05) is 10.7 Å². The first kappa shape index (κ1) is 14.3. The Bertz CT molecular complexity index is 701. The zero-order valence-corrected chi connectivity index (χ0v) is 12.5. The minimum Gasteiger partial charge on any atom is -0.457 e. The molecular weight excluding hydrogens is 359 g/mol. The van der Waals surface area contributed by atoms with Crippen LogP contribution in [0.2, 0.25) is 0 Å². The third-order valence-electron chi connectivity index (χ3n) is 2.23. The van der Waals surface area contributed by atoms with Crippen LogP contribution in [0.15, 0.2) is 51.8 Å². The quantitative estimate of drug-likeness (QED) is 0.761. The minimum atomic E-state index is -3.75. The van der Waals surface area contributed by atoms with Crippen molar-refractivity contribution in [1.82, 2.24) is 0 Å². The molecule has 0 fully saturated rings. The summed E-state index contributed by atoms with van der Waals surface area (Å²) in [5.74, 6) is 0.452. The second-order valence-electron chi connectivity index (χ2n) is 3.59. The maximum Gasteiger partial charge on any atom is 0.261 e. The topological polar surface area (TPSA) is 43.4 Å². The Labute approximate surface area is 122 Å². The predicted octanol–water partition coefficient (Wildman–Crippen LogP) is 4.31. The Morgan fingerprint density at radius 2 is 1.63 bits per heavy atom. The molecular formula is C12H7BrClFO3S. The third kappa shape index (κ3) is 3.68. The monoisotopic (exact) mass is 364 g/mol. The van der Waals surface area contributed by atoms with Gasteiger partial charge >= 0.3 is 0 Å². The molecule has 0 aliphatic rings. The van der Waals surface area contributed by atoms with Crippen molar-refractivity contribution in [3.05, 3.63) is 52.8 Å². The lowest BCUT2D eigenvalue weighted by molar-refractivity contribution is 0.479. The first-order valence-corrected chi connectivity index (χ1v) is 8.14. The molecule has 0 heterocycles. The summed E-state index contributed by atoms with van der Waals surface area (Å²) in [6.45, 7) is 0. The first-order valence-electron chi connectivity index (χ1n) is 5.04. The van der Waals surface area contributed by atoms with E-state index in [-0.39, 0.29) is 9.37 Å². The smallest absolute Gasteiger partial charge is 0.261 e. The van der Waals surface area contributed by atoms with Gasteiger partial charge in [-0.25, -0.2) is 12.8 Å². The van der Waals surface area contributed by atoms with Gasteiger partial charge in [-0.2, -0.15) is 0 Å². The Morgan fingerprint density at radius 1 is 1.05 bits per heavy atom. The summed E-state index contributed by atoms with van der Waals surface area (Å²) >= 11 is 3.05. The average Bonchev–Trinajstić information content (AvgIpc) is 2.33. The molecule has 2 rings (SSSR count). The molecule has 0 aliphatic heterocycles. The van der Waals surface area contributed by atoms with E-state index in [1.807, 2.05) is 0 Å². The van der Waals surface area contributed by atoms with Gasteiger partial charge in [-0.3, -0.25) is 0 Å². The van der Waals surface area contributed by atoms with Crippen LogP contribution in [0.3, 0.4) is 0 Å². The first-order chi connectivity index (χ1) is 8.86. The number of benzene rings is 2. The van der Waals surface area contributed by atoms with Crippen LogP contribution in [0, 0.1) is 5.82 Å². The zero-order chi connectivity index (χ0) is 14.0. The number of halogens is 3. The molecule has 3 nitrogen and oxygen atoms in total. The van der Waals surface area contributed by atoms with Crippen LogP contribution in [-0.4, -0.2) is 8.42 Å². The van der Waals surface area contributed by atoms with Crippen LogP contribution in [0.4, 0.5) is 4.39 Å². The van der Waals surface area contributed by atoms with E-state index < -0.39 is 14.9 Å². The second-order valence-corrected chi connectivity index (χ2v) is 7.01. The van der Waals surface area contributed by atoms with Crippen LogP contribution >= 0.6 is 26.6 Å². The van der Waals surface area contributed by atoms with Crippen LogP contribution in [0.25, 0.3) is 0 Å². The summed E-state index contributed by atoms with van der Waals surface area (Å²) in [5, 5.41) is 0. The van der Waals surface area contributed by atoms with Gasteiger partial charge in [-0.1, -0.05) is 0 Å². The van der Waals surface area contributed by atoms with E-state index in [1.165, 1.54) is 42.5 Å². The molecule has 7 heteroatoms. The highest BCUT2D eigenvalue weighted by Crippen LogP contribution is 2.27. The van der Waals surface area contributed by atoms with E-state index in [4.69, 9.17) is 15.4 Å².